The molecule has 0 aliphatic carbocycles. The predicted molar refractivity (Wildman–Crippen MR) is 113 cm³/mol. The van der Waals surface area contributed by atoms with Crippen LogP contribution >= 0.6 is 11.3 Å². The topological polar surface area (TPSA) is 59.4 Å². The van der Waals surface area contributed by atoms with Crippen molar-refractivity contribution in [2.45, 2.75) is 45.3 Å². The second-order valence-corrected chi connectivity index (χ2v) is 8.63. The standard InChI is InChI=1S/C23H25NO3S/c1-16-7-5-6-8-19(16)18-11-9-17(10-12-18)13-23(21(25)26,27-22(2,3)4)20-14-28-15-24-20/h5-12,14-15H,13H2,1-4H3,(H,25,26). The molecule has 0 aliphatic heterocycles. The van der Waals surface area contributed by atoms with Gasteiger partial charge in [0.25, 0.3) is 0 Å². The molecule has 0 aliphatic rings. The smallest absolute Gasteiger partial charge is 0.342 e. The van der Waals surface area contributed by atoms with E-state index in [9.17, 15) is 9.90 Å². The molecule has 0 spiro atoms. The Morgan fingerprint density at radius 2 is 1.79 bits per heavy atom. The first-order valence-corrected chi connectivity index (χ1v) is 10.1. The first kappa shape index (κ1) is 20.2. The Bertz CT molecular complexity index is 943. The van der Waals surface area contributed by atoms with Crippen molar-refractivity contribution < 1.29 is 14.6 Å². The molecule has 3 rings (SSSR count). The minimum Gasteiger partial charge on any atom is -0.479 e. The molecule has 2 aromatic carbocycles. The molecule has 0 fully saturated rings. The number of rotatable bonds is 6. The number of aryl methyl sites for hydroxylation is 1. The van der Waals surface area contributed by atoms with Crippen molar-refractivity contribution in [3.8, 4) is 11.1 Å². The summed E-state index contributed by atoms with van der Waals surface area (Å²) < 4.78 is 6.11. The number of carbonyl (C=O) groups is 1. The summed E-state index contributed by atoms with van der Waals surface area (Å²) in [6.07, 6.45) is 0.206. The lowest BCUT2D eigenvalue weighted by Gasteiger charge is -2.35. The lowest BCUT2D eigenvalue weighted by molar-refractivity contribution is -0.188. The fourth-order valence-electron chi connectivity index (χ4n) is 3.33. The van der Waals surface area contributed by atoms with Gasteiger partial charge in [0, 0.05) is 11.8 Å². The van der Waals surface area contributed by atoms with Crippen molar-refractivity contribution >= 4 is 17.3 Å². The highest BCUT2D eigenvalue weighted by atomic mass is 32.1. The number of carboxylic acid groups (broad SMARTS) is 1. The summed E-state index contributed by atoms with van der Waals surface area (Å²) in [6.45, 7) is 7.66. The number of ether oxygens (including phenoxy) is 1. The normalized spacial score (nSPS) is 13.9. The molecule has 0 saturated heterocycles. The van der Waals surface area contributed by atoms with E-state index in [1.54, 1.807) is 10.9 Å². The van der Waals surface area contributed by atoms with Gasteiger partial charge in [0.05, 0.1) is 16.8 Å². The quantitative estimate of drug-likeness (QED) is 0.602. The van der Waals surface area contributed by atoms with E-state index in [2.05, 4.69) is 24.0 Å². The number of carboxylic acids is 1. The lowest BCUT2D eigenvalue weighted by Crippen LogP contribution is -2.46. The van der Waals surface area contributed by atoms with Crippen molar-refractivity contribution in [1.29, 1.82) is 0 Å². The van der Waals surface area contributed by atoms with Crippen molar-refractivity contribution in [1.82, 2.24) is 4.98 Å². The van der Waals surface area contributed by atoms with E-state index in [0.29, 0.717) is 5.69 Å². The molecule has 0 saturated carbocycles. The van der Waals surface area contributed by atoms with Crippen molar-refractivity contribution in [2.75, 3.05) is 0 Å². The third-order valence-corrected chi connectivity index (χ3v) is 5.12. The molecule has 4 nitrogen and oxygen atoms in total. The molecule has 0 bridgehead atoms. The van der Waals surface area contributed by atoms with Gasteiger partial charge in [-0.25, -0.2) is 9.78 Å². The average Bonchev–Trinajstić information content (AvgIpc) is 3.16. The Labute approximate surface area is 169 Å². The second-order valence-electron chi connectivity index (χ2n) is 7.91. The first-order chi connectivity index (χ1) is 13.2. The molecule has 0 radical (unpaired) electrons. The Morgan fingerprint density at radius 1 is 1.11 bits per heavy atom. The van der Waals surface area contributed by atoms with Crippen LogP contribution in [0.1, 0.15) is 37.6 Å². The predicted octanol–water partition coefficient (Wildman–Crippen LogP) is 5.46. The van der Waals surface area contributed by atoms with Gasteiger partial charge >= 0.3 is 5.97 Å². The van der Waals surface area contributed by atoms with Crippen molar-refractivity contribution in [3.05, 3.63) is 76.2 Å². The van der Waals surface area contributed by atoms with Gasteiger partial charge in [-0.2, -0.15) is 0 Å². The lowest BCUT2D eigenvalue weighted by atomic mass is 9.89. The van der Waals surface area contributed by atoms with Crippen LogP contribution in [0.3, 0.4) is 0 Å². The number of aliphatic carboxylic acids is 1. The van der Waals surface area contributed by atoms with Gasteiger partial charge in [-0.1, -0.05) is 48.5 Å². The zero-order valence-corrected chi connectivity index (χ0v) is 17.4. The van der Waals surface area contributed by atoms with E-state index < -0.39 is 17.2 Å². The molecule has 0 amide bonds. The average molecular weight is 396 g/mol. The molecule has 1 aromatic heterocycles. The molecule has 28 heavy (non-hydrogen) atoms. The molecule has 3 aromatic rings. The zero-order chi connectivity index (χ0) is 20.4. The summed E-state index contributed by atoms with van der Waals surface area (Å²) in [5.41, 5.74) is 4.27. The largest absolute Gasteiger partial charge is 0.479 e. The number of aromatic nitrogens is 1. The van der Waals surface area contributed by atoms with E-state index in [1.165, 1.54) is 22.5 Å². The number of hydrogen-bond acceptors (Lipinski definition) is 4. The van der Waals surface area contributed by atoms with Crippen LogP contribution in [0, 0.1) is 6.92 Å². The molecule has 1 atom stereocenters. The van der Waals surface area contributed by atoms with Crippen LogP contribution in [-0.4, -0.2) is 21.7 Å². The van der Waals surface area contributed by atoms with Crippen LogP contribution in [0.5, 0.6) is 0 Å². The van der Waals surface area contributed by atoms with Gasteiger partial charge in [-0.3, -0.25) is 0 Å². The summed E-state index contributed by atoms with van der Waals surface area (Å²) in [4.78, 5) is 16.7. The molecule has 5 heteroatoms. The van der Waals surface area contributed by atoms with Crippen molar-refractivity contribution in [3.63, 3.8) is 0 Å². The molecule has 146 valence electrons. The fourth-order valence-corrected chi connectivity index (χ4v) is 3.94. The van der Waals surface area contributed by atoms with Gasteiger partial charge in [0.1, 0.15) is 0 Å². The Hall–Kier alpha value is -2.50. The highest BCUT2D eigenvalue weighted by molar-refractivity contribution is 7.07. The van der Waals surface area contributed by atoms with E-state index >= 15 is 0 Å². The highest BCUT2D eigenvalue weighted by Crippen LogP contribution is 2.35. The molecular weight excluding hydrogens is 370 g/mol. The zero-order valence-electron chi connectivity index (χ0n) is 16.6. The van der Waals surface area contributed by atoms with E-state index in [1.807, 2.05) is 57.2 Å². The van der Waals surface area contributed by atoms with Gasteiger partial charge in [-0.05, 0) is 49.9 Å². The summed E-state index contributed by atoms with van der Waals surface area (Å²) in [7, 11) is 0. The third-order valence-electron chi connectivity index (χ3n) is 4.54. The third kappa shape index (κ3) is 4.32. The summed E-state index contributed by atoms with van der Waals surface area (Å²) in [5.74, 6) is -1.03. The maximum absolute atomic E-state index is 12.4. The molecule has 1 N–H and O–H groups in total. The maximum atomic E-state index is 12.4. The second kappa shape index (κ2) is 7.86. The Kier molecular flexibility index (Phi) is 5.68. The van der Waals surface area contributed by atoms with E-state index in [-0.39, 0.29) is 6.42 Å². The highest BCUT2D eigenvalue weighted by Gasteiger charge is 2.46. The summed E-state index contributed by atoms with van der Waals surface area (Å²) in [5, 5.41) is 11.9. The fraction of sp³-hybridized carbons (Fsp3) is 0.304. The van der Waals surface area contributed by atoms with Crippen molar-refractivity contribution in [2.24, 2.45) is 0 Å². The van der Waals surface area contributed by atoms with Crippen LogP contribution in [0.25, 0.3) is 11.1 Å². The monoisotopic (exact) mass is 395 g/mol. The molecular formula is C23H25NO3S. The Balaban J connectivity index is 1.97. The van der Waals surface area contributed by atoms with E-state index in [4.69, 9.17) is 4.74 Å². The molecule has 1 heterocycles. The van der Waals surface area contributed by atoms with Crippen LogP contribution < -0.4 is 0 Å². The van der Waals surface area contributed by atoms with Crippen LogP contribution in [0.4, 0.5) is 0 Å². The maximum Gasteiger partial charge on any atom is 0.342 e. The van der Waals surface area contributed by atoms with Gasteiger partial charge in [-0.15, -0.1) is 11.3 Å². The summed E-state index contributed by atoms with van der Waals surface area (Å²) in [6, 6.07) is 16.2. The first-order valence-electron chi connectivity index (χ1n) is 9.18. The van der Waals surface area contributed by atoms with E-state index in [0.717, 1.165) is 11.1 Å². The van der Waals surface area contributed by atoms with Crippen LogP contribution in [-0.2, 0) is 21.6 Å². The number of thiazole rings is 1. The van der Waals surface area contributed by atoms with Gasteiger partial charge in [0.15, 0.2) is 0 Å². The minimum absolute atomic E-state index is 0.206. The number of nitrogens with zero attached hydrogens (tertiary/aromatic N) is 1. The van der Waals surface area contributed by atoms with Gasteiger partial charge < -0.3 is 9.84 Å². The van der Waals surface area contributed by atoms with Crippen LogP contribution in [0.2, 0.25) is 0 Å². The molecule has 1 unspecified atom stereocenters. The number of hydrogen-bond donors (Lipinski definition) is 1. The number of benzene rings is 2. The van der Waals surface area contributed by atoms with Crippen LogP contribution in [0.15, 0.2) is 59.4 Å². The Morgan fingerprint density at radius 3 is 2.32 bits per heavy atom. The minimum atomic E-state index is -1.53. The SMILES string of the molecule is Cc1ccccc1-c1ccc(CC(OC(C)(C)C)(C(=O)O)c2cscn2)cc1. The van der Waals surface area contributed by atoms with Gasteiger partial charge in [0.2, 0.25) is 5.60 Å². The summed E-state index contributed by atoms with van der Waals surface area (Å²) >= 11 is 1.37.